The molecule has 1 aliphatic rings. The number of benzene rings is 1. The summed E-state index contributed by atoms with van der Waals surface area (Å²) < 4.78 is 39.7. The molecule has 0 aliphatic carbocycles. The van der Waals surface area contributed by atoms with Crippen LogP contribution in [0.5, 0.6) is 0 Å². The zero-order valence-corrected chi connectivity index (χ0v) is 12.5. The molecule has 1 aliphatic heterocycles. The van der Waals surface area contributed by atoms with Crippen LogP contribution in [0.1, 0.15) is 13.8 Å². The van der Waals surface area contributed by atoms with Crippen molar-refractivity contribution in [2.45, 2.75) is 29.2 Å². The minimum atomic E-state index is -3.67. The first-order chi connectivity index (χ1) is 8.79. The predicted octanol–water partition coefficient (Wildman–Crippen LogP) is 1.92. The molecule has 0 aromatic heterocycles. The molecule has 2 unspecified atom stereocenters. The molecule has 0 radical (unpaired) electrons. The van der Waals surface area contributed by atoms with Crippen LogP contribution in [0.4, 0.5) is 10.1 Å². The van der Waals surface area contributed by atoms with E-state index in [1.807, 2.05) is 13.8 Å². The molecule has 1 saturated heterocycles. The van der Waals surface area contributed by atoms with Gasteiger partial charge in [0.1, 0.15) is 5.82 Å². The topological polar surface area (TPSA) is 63.4 Å². The van der Waals surface area contributed by atoms with Crippen molar-refractivity contribution in [3.05, 3.63) is 24.0 Å². The van der Waals surface area contributed by atoms with Crippen LogP contribution in [0.25, 0.3) is 0 Å². The van der Waals surface area contributed by atoms with E-state index in [0.717, 1.165) is 12.1 Å². The van der Waals surface area contributed by atoms with Crippen molar-refractivity contribution in [1.29, 1.82) is 0 Å². The van der Waals surface area contributed by atoms with Crippen LogP contribution in [-0.2, 0) is 10.0 Å². The molecule has 1 fully saturated rings. The molecule has 4 nitrogen and oxygen atoms in total. The molecule has 0 saturated carbocycles. The molecular weight excluding hydrogens is 287 g/mol. The summed E-state index contributed by atoms with van der Waals surface area (Å²) in [5.74, 6) is -0.633. The molecule has 2 atom stereocenters. The first-order valence-corrected chi connectivity index (χ1v) is 8.39. The standard InChI is InChI=1S/C12H17FN2O2S2/c1-8-6-15(7-9(2)18-8)19(16,17)12-4-10(13)3-11(14)5-12/h3-5,8-9H,6-7,14H2,1-2H3. The highest BCUT2D eigenvalue weighted by molar-refractivity contribution is 8.00. The molecule has 7 heteroatoms. The highest BCUT2D eigenvalue weighted by atomic mass is 32.2. The second-order valence-electron chi connectivity index (χ2n) is 4.80. The number of nitrogens with two attached hydrogens (primary N) is 1. The summed E-state index contributed by atoms with van der Waals surface area (Å²) in [4.78, 5) is -0.0729. The summed E-state index contributed by atoms with van der Waals surface area (Å²) in [5.41, 5.74) is 5.63. The number of hydrogen-bond acceptors (Lipinski definition) is 4. The van der Waals surface area contributed by atoms with Gasteiger partial charge in [-0.1, -0.05) is 13.8 Å². The van der Waals surface area contributed by atoms with Gasteiger partial charge in [0.15, 0.2) is 0 Å². The smallest absolute Gasteiger partial charge is 0.243 e. The highest BCUT2D eigenvalue weighted by Gasteiger charge is 2.32. The molecule has 2 N–H and O–H groups in total. The van der Waals surface area contributed by atoms with Crippen LogP contribution in [0, 0.1) is 5.82 Å². The molecule has 2 rings (SSSR count). The molecule has 0 spiro atoms. The fourth-order valence-corrected chi connectivity index (χ4v) is 5.41. The average molecular weight is 304 g/mol. The zero-order chi connectivity index (χ0) is 14.2. The third kappa shape index (κ3) is 3.21. The van der Waals surface area contributed by atoms with Crippen LogP contribution in [0.3, 0.4) is 0 Å². The molecular formula is C12H17FN2O2S2. The van der Waals surface area contributed by atoms with Crippen molar-refractivity contribution in [1.82, 2.24) is 4.31 Å². The first kappa shape index (κ1) is 14.6. The maximum atomic E-state index is 13.3. The predicted molar refractivity (Wildman–Crippen MR) is 76.1 cm³/mol. The quantitative estimate of drug-likeness (QED) is 0.848. The normalized spacial score (nSPS) is 25.4. The average Bonchev–Trinajstić information content (AvgIpc) is 2.26. The number of thioether (sulfide) groups is 1. The Bertz CT molecular complexity index is 547. The Morgan fingerprint density at radius 1 is 1.26 bits per heavy atom. The van der Waals surface area contributed by atoms with Crippen LogP contribution < -0.4 is 5.73 Å². The summed E-state index contributed by atoms with van der Waals surface area (Å²) in [6, 6.07) is 3.43. The Hall–Kier alpha value is -0.790. The Balaban J connectivity index is 2.36. The summed E-state index contributed by atoms with van der Waals surface area (Å²) in [6.45, 7) is 4.85. The number of nitrogen functional groups attached to an aromatic ring is 1. The van der Waals surface area contributed by atoms with Crippen LogP contribution in [0.15, 0.2) is 23.1 Å². The maximum absolute atomic E-state index is 13.3. The molecule has 1 aromatic carbocycles. The second kappa shape index (κ2) is 5.30. The van der Waals surface area contributed by atoms with E-state index in [1.54, 1.807) is 11.8 Å². The van der Waals surface area contributed by atoms with Crippen molar-refractivity contribution in [3.8, 4) is 0 Å². The third-order valence-corrected chi connectivity index (χ3v) is 5.95. The Labute approximate surface area is 117 Å². The van der Waals surface area contributed by atoms with Gasteiger partial charge in [-0.15, -0.1) is 0 Å². The van der Waals surface area contributed by atoms with Gasteiger partial charge in [0.05, 0.1) is 4.90 Å². The molecule has 0 bridgehead atoms. The monoisotopic (exact) mass is 304 g/mol. The highest BCUT2D eigenvalue weighted by Crippen LogP contribution is 2.29. The number of nitrogens with zero attached hydrogens (tertiary/aromatic N) is 1. The van der Waals surface area contributed by atoms with E-state index in [1.165, 1.54) is 10.4 Å². The van der Waals surface area contributed by atoms with Gasteiger partial charge < -0.3 is 5.73 Å². The maximum Gasteiger partial charge on any atom is 0.243 e. The van der Waals surface area contributed by atoms with Crippen molar-refractivity contribution in [2.24, 2.45) is 0 Å². The van der Waals surface area contributed by atoms with Gasteiger partial charge in [0.25, 0.3) is 0 Å². The van der Waals surface area contributed by atoms with E-state index >= 15 is 0 Å². The number of hydrogen-bond donors (Lipinski definition) is 1. The van der Waals surface area contributed by atoms with Crippen LogP contribution in [-0.4, -0.2) is 36.3 Å². The summed E-state index contributed by atoms with van der Waals surface area (Å²) in [7, 11) is -3.67. The third-order valence-electron chi connectivity index (χ3n) is 2.92. The lowest BCUT2D eigenvalue weighted by atomic mass is 10.3. The van der Waals surface area contributed by atoms with Crippen molar-refractivity contribution >= 4 is 27.5 Å². The SMILES string of the molecule is CC1CN(S(=O)(=O)c2cc(N)cc(F)c2)CC(C)S1. The van der Waals surface area contributed by atoms with Crippen LogP contribution in [0.2, 0.25) is 0 Å². The lowest BCUT2D eigenvalue weighted by molar-refractivity contribution is 0.404. The van der Waals surface area contributed by atoms with E-state index in [2.05, 4.69) is 0 Å². The van der Waals surface area contributed by atoms with E-state index in [9.17, 15) is 12.8 Å². The fourth-order valence-electron chi connectivity index (χ4n) is 2.21. The van der Waals surface area contributed by atoms with Gasteiger partial charge in [-0.3, -0.25) is 0 Å². The number of rotatable bonds is 2. The van der Waals surface area contributed by atoms with Crippen molar-refractivity contribution in [3.63, 3.8) is 0 Å². The fraction of sp³-hybridized carbons (Fsp3) is 0.500. The van der Waals surface area contributed by atoms with E-state index < -0.39 is 15.8 Å². The van der Waals surface area contributed by atoms with Gasteiger partial charge in [0.2, 0.25) is 10.0 Å². The van der Waals surface area contributed by atoms with Crippen molar-refractivity contribution in [2.75, 3.05) is 18.8 Å². The Morgan fingerprint density at radius 3 is 2.37 bits per heavy atom. The van der Waals surface area contributed by atoms with E-state index in [0.29, 0.717) is 13.1 Å². The van der Waals surface area contributed by atoms with Gasteiger partial charge in [-0.05, 0) is 18.2 Å². The molecule has 0 amide bonds. The minimum absolute atomic E-state index is 0.0729. The van der Waals surface area contributed by atoms with Gasteiger partial charge in [-0.2, -0.15) is 16.1 Å². The lowest BCUT2D eigenvalue weighted by Crippen LogP contribution is -2.43. The van der Waals surface area contributed by atoms with E-state index in [-0.39, 0.29) is 21.1 Å². The lowest BCUT2D eigenvalue weighted by Gasteiger charge is -2.33. The molecule has 1 aromatic rings. The van der Waals surface area contributed by atoms with Crippen molar-refractivity contribution < 1.29 is 12.8 Å². The molecule has 19 heavy (non-hydrogen) atoms. The largest absolute Gasteiger partial charge is 0.399 e. The molecule has 1 heterocycles. The Morgan fingerprint density at radius 2 is 1.84 bits per heavy atom. The first-order valence-electron chi connectivity index (χ1n) is 6.00. The summed E-state index contributed by atoms with van der Waals surface area (Å²) in [5, 5.41) is 0.453. The van der Waals surface area contributed by atoms with E-state index in [4.69, 9.17) is 5.73 Å². The van der Waals surface area contributed by atoms with Crippen LogP contribution >= 0.6 is 11.8 Å². The van der Waals surface area contributed by atoms with Gasteiger partial charge in [0, 0.05) is 29.3 Å². The second-order valence-corrected chi connectivity index (χ2v) is 8.62. The number of anilines is 1. The zero-order valence-electron chi connectivity index (χ0n) is 10.8. The molecule has 106 valence electrons. The number of sulfonamides is 1. The summed E-state index contributed by atoms with van der Waals surface area (Å²) >= 11 is 1.76. The van der Waals surface area contributed by atoms with Gasteiger partial charge in [-0.25, -0.2) is 12.8 Å². The summed E-state index contributed by atoms with van der Waals surface area (Å²) in [6.07, 6.45) is 0. The number of halogens is 1. The minimum Gasteiger partial charge on any atom is -0.399 e. The van der Waals surface area contributed by atoms with Gasteiger partial charge >= 0.3 is 0 Å². The Kier molecular flexibility index (Phi) is 4.08.